The Morgan fingerprint density at radius 3 is 2.42 bits per heavy atom. The summed E-state index contributed by atoms with van der Waals surface area (Å²) in [6, 6.07) is 0. The van der Waals surface area contributed by atoms with Crippen molar-refractivity contribution in [2.75, 3.05) is 13.6 Å². The van der Waals surface area contributed by atoms with Crippen molar-refractivity contribution in [3.8, 4) is 0 Å². The molecule has 0 fully saturated rings. The Labute approximate surface area is 70.9 Å². The number of carbonyl (C=O) groups is 1. The van der Waals surface area contributed by atoms with Crippen LogP contribution in [0.5, 0.6) is 0 Å². The summed E-state index contributed by atoms with van der Waals surface area (Å²) in [7, 11) is 1.49. The molecule has 0 N–H and O–H groups in total. The Hall–Kier alpha value is -0.930. The molecule has 0 rings (SSSR count). The molecule has 0 aliphatic rings. The molecule has 0 bridgehead atoms. The lowest BCUT2D eigenvalue weighted by Crippen LogP contribution is -2.29. The van der Waals surface area contributed by atoms with E-state index in [1.165, 1.54) is 11.9 Å². The standard InChI is InChI=1S/C8H13F2NO/c1-6(2)8(12)11(3)5-4-7(9)10/h7H,1,4-5H2,2-3H3. The van der Waals surface area contributed by atoms with Crippen molar-refractivity contribution in [1.82, 2.24) is 4.90 Å². The fraction of sp³-hybridized carbons (Fsp3) is 0.625. The summed E-state index contributed by atoms with van der Waals surface area (Å²) < 4.78 is 23.4. The molecule has 0 atom stereocenters. The first-order chi connectivity index (χ1) is 5.45. The van der Waals surface area contributed by atoms with Crippen LogP contribution in [0, 0.1) is 0 Å². The van der Waals surface area contributed by atoms with Crippen molar-refractivity contribution < 1.29 is 13.6 Å². The number of hydrogen-bond acceptors (Lipinski definition) is 1. The van der Waals surface area contributed by atoms with E-state index in [-0.39, 0.29) is 18.9 Å². The fourth-order valence-electron chi connectivity index (χ4n) is 0.719. The Morgan fingerprint density at radius 2 is 2.08 bits per heavy atom. The van der Waals surface area contributed by atoms with E-state index in [1.54, 1.807) is 6.92 Å². The van der Waals surface area contributed by atoms with Crippen LogP contribution >= 0.6 is 0 Å². The zero-order valence-corrected chi connectivity index (χ0v) is 7.31. The minimum absolute atomic E-state index is 0.0728. The molecule has 70 valence electrons. The summed E-state index contributed by atoms with van der Waals surface area (Å²) in [6.07, 6.45) is -2.64. The highest BCUT2D eigenvalue weighted by atomic mass is 19.3. The van der Waals surface area contributed by atoms with Gasteiger partial charge in [0.15, 0.2) is 0 Å². The van der Waals surface area contributed by atoms with Crippen molar-refractivity contribution in [3.63, 3.8) is 0 Å². The molecule has 0 unspecified atom stereocenters. The van der Waals surface area contributed by atoms with E-state index in [2.05, 4.69) is 6.58 Å². The van der Waals surface area contributed by atoms with E-state index in [0.29, 0.717) is 5.57 Å². The van der Waals surface area contributed by atoms with Crippen molar-refractivity contribution in [2.24, 2.45) is 0 Å². The zero-order valence-electron chi connectivity index (χ0n) is 7.31. The third-order valence-corrected chi connectivity index (χ3v) is 1.39. The van der Waals surface area contributed by atoms with Gasteiger partial charge in [-0.05, 0) is 6.92 Å². The first kappa shape index (κ1) is 11.1. The lowest BCUT2D eigenvalue weighted by Gasteiger charge is -2.16. The van der Waals surface area contributed by atoms with Crippen LogP contribution in [-0.2, 0) is 4.79 Å². The first-order valence-corrected chi connectivity index (χ1v) is 3.64. The topological polar surface area (TPSA) is 20.3 Å². The van der Waals surface area contributed by atoms with Crippen molar-refractivity contribution >= 4 is 5.91 Å². The highest BCUT2D eigenvalue weighted by molar-refractivity contribution is 5.91. The van der Waals surface area contributed by atoms with Crippen LogP contribution < -0.4 is 0 Å². The third kappa shape index (κ3) is 4.05. The second kappa shape index (κ2) is 4.85. The number of alkyl halides is 2. The summed E-state index contributed by atoms with van der Waals surface area (Å²) >= 11 is 0. The highest BCUT2D eigenvalue weighted by Gasteiger charge is 2.11. The van der Waals surface area contributed by atoms with E-state index >= 15 is 0 Å². The maximum absolute atomic E-state index is 11.7. The Balaban J connectivity index is 3.80. The van der Waals surface area contributed by atoms with E-state index in [0.717, 1.165) is 0 Å². The number of carbonyl (C=O) groups excluding carboxylic acids is 1. The van der Waals surface area contributed by atoms with E-state index in [9.17, 15) is 13.6 Å². The first-order valence-electron chi connectivity index (χ1n) is 3.64. The molecule has 0 aromatic carbocycles. The molecule has 0 aromatic heterocycles. The molecule has 0 radical (unpaired) electrons. The minimum Gasteiger partial charge on any atom is -0.342 e. The van der Waals surface area contributed by atoms with Crippen LogP contribution in [-0.4, -0.2) is 30.8 Å². The van der Waals surface area contributed by atoms with Gasteiger partial charge in [0.2, 0.25) is 12.3 Å². The van der Waals surface area contributed by atoms with Crippen molar-refractivity contribution in [1.29, 1.82) is 0 Å². The molecule has 2 nitrogen and oxygen atoms in total. The van der Waals surface area contributed by atoms with Gasteiger partial charge in [-0.3, -0.25) is 4.79 Å². The predicted octanol–water partition coefficient (Wildman–Crippen LogP) is 1.68. The van der Waals surface area contributed by atoms with Gasteiger partial charge in [0.05, 0.1) is 0 Å². The fourth-order valence-corrected chi connectivity index (χ4v) is 0.719. The van der Waals surface area contributed by atoms with Gasteiger partial charge in [-0.25, -0.2) is 8.78 Å². The number of halogens is 2. The molecule has 0 aliphatic heterocycles. The van der Waals surface area contributed by atoms with Crippen LogP contribution in [0.15, 0.2) is 12.2 Å². The Kier molecular flexibility index (Phi) is 4.47. The summed E-state index contributed by atoms with van der Waals surface area (Å²) in [5, 5.41) is 0. The normalized spacial score (nSPS) is 10.1. The van der Waals surface area contributed by atoms with Gasteiger partial charge < -0.3 is 4.90 Å². The van der Waals surface area contributed by atoms with Crippen LogP contribution in [0.25, 0.3) is 0 Å². The van der Waals surface area contributed by atoms with Crippen LogP contribution in [0.2, 0.25) is 0 Å². The average Bonchev–Trinajstić information content (AvgIpc) is 1.98. The molecular formula is C8H13F2NO. The van der Waals surface area contributed by atoms with Gasteiger partial charge in [-0.2, -0.15) is 0 Å². The second-order valence-corrected chi connectivity index (χ2v) is 2.69. The monoisotopic (exact) mass is 177 g/mol. The second-order valence-electron chi connectivity index (χ2n) is 2.69. The summed E-state index contributed by atoms with van der Waals surface area (Å²) in [6.45, 7) is 5.05. The van der Waals surface area contributed by atoms with E-state index in [4.69, 9.17) is 0 Å². The molecule has 12 heavy (non-hydrogen) atoms. The molecule has 0 aliphatic carbocycles. The summed E-state index contributed by atoms with van der Waals surface area (Å²) in [5.41, 5.74) is 0.367. The Morgan fingerprint density at radius 1 is 1.58 bits per heavy atom. The number of likely N-dealkylation sites (N-methyl/N-ethyl adjacent to an activating group) is 1. The third-order valence-electron chi connectivity index (χ3n) is 1.39. The van der Waals surface area contributed by atoms with E-state index < -0.39 is 6.43 Å². The van der Waals surface area contributed by atoms with Gasteiger partial charge >= 0.3 is 0 Å². The van der Waals surface area contributed by atoms with Gasteiger partial charge in [-0.1, -0.05) is 6.58 Å². The SMILES string of the molecule is C=C(C)C(=O)N(C)CCC(F)F. The molecule has 0 heterocycles. The number of nitrogens with zero attached hydrogens (tertiary/aromatic N) is 1. The van der Waals surface area contributed by atoms with Gasteiger partial charge in [-0.15, -0.1) is 0 Å². The van der Waals surface area contributed by atoms with Crippen molar-refractivity contribution in [2.45, 2.75) is 19.8 Å². The van der Waals surface area contributed by atoms with Crippen molar-refractivity contribution in [3.05, 3.63) is 12.2 Å². The zero-order chi connectivity index (χ0) is 9.72. The molecule has 0 saturated heterocycles. The summed E-state index contributed by atoms with van der Waals surface area (Å²) in [5.74, 6) is -0.282. The molecule has 0 aromatic rings. The maximum Gasteiger partial charge on any atom is 0.248 e. The number of amides is 1. The molecule has 1 amide bonds. The lowest BCUT2D eigenvalue weighted by molar-refractivity contribution is -0.126. The smallest absolute Gasteiger partial charge is 0.248 e. The molecule has 0 spiro atoms. The van der Waals surface area contributed by atoms with Crippen LogP contribution in [0.3, 0.4) is 0 Å². The minimum atomic E-state index is -2.36. The largest absolute Gasteiger partial charge is 0.342 e. The maximum atomic E-state index is 11.7. The van der Waals surface area contributed by atoms with Gasteiger partial charge in [0.25, 0.3) is 0 Å². The lowest BCUT2D eigenvalue weighted by atomic mass is 10.3. The van der Waals surface area contributed by atoms with E-state index in [1.807, 2.05) is 0 Å². The quantitative estimate of drug-likeness (QED) is 0.598. The molecule has 0 saturated carbocycles. The number of rotatable bonds is 4. The van der Waals surface area contributed by atoms with Gasteiger partial charge in [0, 0.05) is 25.6 Å². The van der Waals surface area contributed by atoms with Crippen LogP contribution in [0.1, 0.15) is 13.3 Å². The average molecular weight is 177 g/mol. The van der Waals surface area contributed by atoms with Crippen LogP contribution in [0.4, 0.5) is 8.78 Å². The Bertz CT molecular complexity index is 180. The number of hydrogen-bond donors (Lipinski definition) is 0. The summed E-state index contributed by atoms with van der Waals surface area (Å²) in [4.78, 5) is 12.3. The highest BCUT2D eigenvalue weighted by Crippen LogP contribution is 2.02. The predicted molar refractivity (Wildman–Crippen MR) is 43.1 cm³/mol. The van der Waals surface area contributed by atoms with Gasteiger partial charge in [0.1, 0.15) is 0 Å². The molecular weight excluding hydrogens is 164 g/mol. The molecule has 4 heteroatoms.